The molecule has 0 radical (unpaired) electrons. The Bertz CT molecular complexity index is 523. The van der Waals surface area contributed by atoms with Crippen molar-refractivity contribution in [3.63, 3.8) is 0 Å². The van der Waals surface area contributed by atoms with Gasteiger partial charge in [-0.2, -0.15) is 24.5 Å². The van der Waals surface area contributed by atoms with E-state index in [1.807, 2.05) is 0 Å². The summed E-state index contributed by atoms with van der Waals surface area (Å²) in [5.74, 6) is -0.942. The van der Waals surface area contributed by atoms with Crippen molar-refractivity contribution in [2.24, 2.45) is 0 Å². The molecule has 0 atom stereocenters. The third-order valence-electron chi connectivity index (χ3n) is 2.15. The number of alkyl halides is 3. The van der Waals surface area contributed by atoms with Crippen LogP contribution in [0.1, 0.15) is 12.7 Å². The van der Waals surface area contributed by atoms with Gasteiger partial charge in [-0.25, -0.2) is 9.97 Å². The molecule has 0 unspecified atom stereocenters. The highest BCUT2D eigenvalue weighted by Crippen LogP contribution is 2.30. The quantitative estimate of drug-likeness (QED) is 0.927. The van der Waals surface area contributed by atoms with Gasteiger partial charge in [0.2, 0.25) is 5.82 Å². The molecule has 96 valence electrons. The van der Waals surface area contributed by atoms with Crippen LogP contribution in [0.2, 0.25) is 0 Å². The van der Waals surface area contributed by atoms with E-state index in [0.29, 0.717) is 12.1 Å². The second-order valence-electron chi connectivity index (χ2n) is 3.50. The number of hydrogen-bond acceptors (Lipinski definition) is 4. The zero-order valence-corrected chi connectivity index (χ0v) is 10.3. The first-order chi connectivity index (χ1) is 8.50. The minimum absolute atomic E-state index is 0.182. The van der Waals surface area contributed by atoms with Crippen LogP contribution < -0.4 is 5.32 Å². The fourth-order valence-corrected chi connectivity index (χ4v) is 2.05. The predicted molar refractivity (Wildman–Crippen MR) is 64.5 cm³/mol. The highest BCUT2D eigenvalue weighted by molar-refractivity contribution is 7.08. The van der Waals surface area contributed by atoms with Gasteiger partial charge in [-0.3, -0.25) is 0 Å². The highest BCUT2D eigenvalue weighted by Gasteiger charge is 2.35. The van der Waals surface area contributed by atoms with Gasteiger partial charge in [0.25, 0.3) is 0 Å². The van der Waals surface area contributed by atoms with Gasteiger partial charge in [-0.05, 0) is 18.4 Å². The number of thiophene rings is 1. The summed E-state index contributed by atoms with van der Waals surface area (Å²) < 4.78 is 38.0. The third kappa shape index (κ3) is 2.79. The van der Waals surface area contributed by atoms with E-state index in [1.165, 1.54) is 17.4 Å². The van der Waals surface area contributed by atoms with E-state index in [2.05, 4.69) is 15.3 Å². The van der Waals surface area contributed by atoms with Crippen LogP contribution in [0.3, 0.4) is 0 Å². The van der Waals surface area contributed by atoms with Crippen LogP contribution in [0, 0.1) is 0 Å². The van der Waals surface area contributed by atoms with Crippen LogP contribution in [0.15, 0.2) is 22.9 Å². The highest BCUT2D eigenvalue weighted by atomic mass is 32.1. The molecule has 0 saturated carbocycles. The first-order valence-electron chi connectivity index (χ1n) is 5.23. The maximum atomic E-state index is 12.7. The summed E-state index contributed by atoms with van der Waals surface area (Å²) in [5.41, 5.74) is 0.932. The average molecular weight is 273 g/mol. The van der Waals surface area contributed by atoms with Crippen LogP contribution in [0.25, 0.3) is 11.3 Å². The van der Waals surface area contributed by atoms with E-state index in [1.54, 1.807) is 23.8 Å². The van der Waals surface area contributed by atoms with Gasteiger partial charge in [0.05, 0.1) is 5.69 Å². The first kappa shape index (κ1) is 12.8. The van der Waals surface area contributed by atoms with Crippen LogP contribution in [-0.4, -0.2) is 16.5 Å². The molecule has 0 saturated heterocycles. The van der Waals surface area contributed by atoms with E-state index in [4.69, 9.17) is 0 Å². The van der Waals surface area contributed by atoms with Gasteiger partial charge in [-0.1, -0.05) is 0 Å². The van der Waals surface area contributed by atoms with Gasteiger partial charge >= 0.3 is 6.18 Å². The van der Waals surface area contributed by atoms with E-state index >= 15 is 0 Å². The molecule has 3 nitrogen and oxygen atoms in total. The molecule has 0 fully saturated rings. The van der Waals surface area contributed by atoms with Crippen LogP contribution in [0.4, 0.5) is 19.0 Å². The lowest BCUT2D eigenvalue weighted by Crippen LogP contribution is -2.13. The van der Waals surface area contributed by atoms with Crippen molar-refractivity contribution < 1.29 is 13.2 Å². The van der Waals surface area contributed by atoms with Crippen LogP contribution in [-0.2, 0) is 6.18 Å². The molecule has 2 heterocycles. The summed E-state index contributed by atoms with van der Waals surface area (Å²) in [5, 5.41) is 6.31. The van der Waals surface area contributed by atoms with E-state index < -0.39 is 12.0 Å². The maximum absolute atomic E-state index is 12.7. The molecular weight excluding hydrogens is 263 g/mol. The minimum Gasteiger partial charge on any atom is -0.370 e. The SMILES string of the molecule is CCNc1cc(-c2ccsc2)nc(C(F)(F)F)n1. The van der Waals surface area contributed by atoms with Gasteiger partial charge in [0, 0.05) is 23.6 Å². The molecule has 2 aromatic rings. The van der Waals surface area contributed by atoms with Gasteiger partial charge in [-0.15, -0.1) is 0 Å². The molecule has 0 amide bonds. The monoisotopic (exact) mass is 273 g/mol. The normalized spacial score (nSPS) is 11.6. The second-order valence-corrected chi connectivity index (χ2v) is 4.28. The molecule has 0 aromatic carbocycles. The van der Waals surface area contributed by atoms with Crippen molar-refractivity contribution in [3.05, 3.63) is 28.7 Å². The Labute approximate surface area is 106 Å². The van der Waals surface area contributed by atoms with Crippen LogP contribution in [0.5, 0.6) is 0 Å². The molecule has 0 aliphatic heterocycles. The molecule has 7 heteroatoms. The average Bonchev–Trinajstić information content (AvgIpc) is 2.81. The van der Waals surface area contributed by atoms with Crippen molar-refractivity contribution in [1.82, 2.24) is 9.97 Å². The summed E-state index contributed by atoms with van der Waals surface area (Å²) in [6.45, 7) is 2.29. The fourth-order valence-electron chi connectivity index (χ4n) is 1.40. The van der Waals surface area contributed by atoms with E-state index in [-0.39, 0.29) is 11.5 Å². The molecule has 2 rings (SSSR count). The smallest absolute Gasteiger partial charge is 0.370 e. The number of aromatic nitrogens is 2. The van der Waals surface area contributed by atoms with Gasteiger partial charge in [0.15, 0.2) is 0 Å². The molecular formula is C11H10F3N3S. The largest absolute Gasteiger partial charge is 0.451 e. The third-order valence-corrected chi connectivity index (χ3v) is 2.84. The van der Waals surface area contributed by atoms with E-state index in [9.17, 15) is 13.2 Å². The lowest BCUT2D eigenvalue weighted by Gasteiger charge is -2.10. The Morgan fingerprint density at radius 2 is 2.11 bits per heavy atom. The van der Waals surface area contributed by atoms with Gasteiger partial charge in [0.1, 0.15) is 5.82 Å². The minimum atomic E-state index is -4.55. The van der Waals surface area contributed by atoms with Crippen molar-refractivity contribution >= 4 is 17.2 Å². The number of halogens is 3. The number of nitrogens with one attached hydrogen (secondary N) is 1. The molecule has 0 aliphatic rings. The zero-order valence-electron chi connectivity index (χ0n) is 9.45. The molecule has 0 bridgehead atoms. The molecule has 0 aliphatic carbocycles. The van der Waals surface area contributed by atoms with Crippen molar-refractivity contribution in [2.45, 2.75) is 13.1 Å². The topological polar surface area (TPSA) is 37.8 Å². The van der Waals surface area contributed by atoms with Crippen LogP contribution >= 0.6 is 11.3 Å². The summed E-state index contributed by atoms with van der Waals surface area (Å²) in [4.78, 5) is 7.02. The maximum Gasteiger partial charge on any atom is 0.451 e. The molecule has 1 N–H and O–H groups in total. The fraction of sp³-hybridized carbons (Fsp3) is 0.273. The lowest BCUT2D eigenvalue weighted by atomic mass is 10.2. The molecule has 18 heavy (non-hydrogen) atoms. The summed E-state index contributed by atoms with van der Waals surface area (Å²) in [6, 6.07) is 3.24. The molecule has 0 spiro atoms. The summed E-state index contributed by atoms with van der Waals surface area (Å²) >= 11 is 1.40. The lowest BCUT2D eigenvalue weighted by molar-refractivity contribution is -0.144. The Kier molecular flexibility index (Phi) is 3.51. The Morgan fingerprint density at radius 3 is 2.67 bits per heavy atom. The standard InChI is InChI=1S/C11H10F3N3S/c1-2-15-9-5-8(7-3-4-18-6-7)16-10(17-9)11(12,13)14/h3-6H,2H2,1H3,(H,15,16,17). The summed E-state index contributed by atoms with van der Waals surface area (Å²) in [7, 11) is 0. The van der Waals surface area contributed by atoms with Gasteiger partial charge < -0.3 is 5.32 Å². The zero-order chi connectivity index (χ0) is 13.2. The number of hydrogen-bond donors (Lipinski definition) is 1. The van der Waals surface area contributed by atoms with Crippen molar-refractivity contribution in [1.29, 1.82) is 0 Å². The molecule has 2 aromatic heterocycles. The second kappa shape index (κ2) is 4.93. The Morgan fingerprint density at radius 1 is 1.33 bits per heavy atom. The number of nitrogens with zero attached hydrogens (tertiary/aromatic N) is 2. The van der Waals surface area contributed by atoms with E-state index in [0.717, 1.165) is 0 Å². The predicted octanol–water partition coefficient (Wildman–Crippen LogP) is 3.66. The Hall–Kier alpha value is -1.63. The first-order valence-corrected chi connectivity index (χ1v) is 6.17. The number of rotatable bonds is 3. The number of anilines is 1. The Balaban J connectivity index is 2.50. The summed E-state index contributed by atoms with van der Waals surface area (Å²) in [6.07, 6.45) is -4.55. The van der Waals surface area contributed by atoms with Crippen molar-refractivity contribution in [3.8, 4) is 11.3 Å². The van der Waals surface area contributed by atoms with Crippen molar-refractivity contribution in [2.75, 3.05) is 11.9 Å².